The molecule has 5 nitrogen and oxygen atoms in total. The number of alkyl halides is 2. The third-order valence-electron chi connectivity index (χ3n) is 3.56. The third kappa shape index (κ3) is 5.54. The van der Waals surface area contributed by atoms with Crippen LogP contribution in [-0.4, -0.2) is 24.6 Å². The van der Waals surface area contributed by atoms with Crippen LogP contribution in [0.15, 0.2) is 48.5 Å². The standard InChI is InChI=1S/C19H19F2NO4/c1-12-7-9-14(10-8-12)11-22-17(23)13(2)25-18(24)15-5-3-4-6-16(15)26-19(20)21/h3-10,13,19H,11H2,1-2H3,(H,22,23). The first-order valence-electron chi connectivity index (χ1n) is 7.95. The van der Waals surface area contributed by atoms with E-state index in [9.17, 15) is 18.4 Å². The molecule has 0 aromatic heterocycles. The molecule has 0 aliphatic carbocycles. The van der Waals surface area contributed by atoms with Gasteiger partial charge in [0, 0.05) is 6.54 Å². The number of carbonyl (C=O) groups excluding carboxylic acids is 2. The van der Waals surface area contributed by atoms with Gasteiger partial charge in [0.2, 0.25) is 0 Å². The molecular weight excluding hydrogens is 344 g/mol. The maximum absolute atomic E-state index is 12.4. The monoisotopic (exact) mass is 363 g/mol. The van der Waals surface area contributed by atoms with Crippen LogP contribution in [0.2, 0.25) is 0 Å². The number of para-hydroxylation sites is 1. The highest BCUT2D eigenvalue weighted by molar-refractivity contribution is 5.94. The Morgan fingerprint density at radius 3 is 2.38 bits per heavy atom. The highest BCUT2D eigenvalue weighted by Gasteiger charge is 2.22. The Morgan fingerprint density at radius 2 is 1.73 bits per heavy atom. The Bertz CT molecular complexity index is 762. The number of hydrogen-bond donors (Lipinski definition) is 1. The molecule has 138 valence electrons. The zero-order valence-corrected chi connectivity index (χ0v) is 14.4. The molecule has 0 radical (unpaired) electrons. The van der Waals surface area contributed by atoms with Crippen molar-refractivity contribution in [3.05, 3.63) is 65.2 Å². The molecule has 2 rings (SSSR count). The number of ether oxygens (including phenoxy) is 2. The lowest BCUT2D eigenvalue weighted by Gasteiger charge is -2.15. The number of benzene rings is 2. The number of esters is 1. The molecule has 0 aliphatic rings. The zero-order valence-electron chi connectivity index (χ0n) is 14.4. The summed E-state index contributed by atoms with van der Waals surface area (Å²) in [5, 5.41) is 2.65. The summed E-state index contributed by atoms with van der Waals surface area (Å²) in [4.78, 5) is 24.2. The first-order valence-corrected chi connectivity index (χ1v) is 7.95. The van der Waals surface area contributed by atoms with E-state index in [-0.39, 0.29) is 17.9 Å². The molecule has 0 spiro atoms. The van der Waals surface area contributed by atoms with E-state index in [2.05, 4.69) is 10.1 Å². The van der Waals surface area contributed by atoms with Crippen LogP contribution < -0.4 is 10.1 Å². The van der Waals surface area contributed by atoms with Crippen molar-refractivity contribution >= 4 is 11.9 Å². The minimum atomic E-state index is -3.07. The molecule has 2 aromatic carbocycles. The molecule has 0 heterocycles. The van der Waals surface area contributed by atoms with Gasteiger partial charge in [-0.05, 0) is 31.5 Å². The van der Waals surface area contributed by atoms with Gasteiger partial charge in [0.1, 0.15) is 11.3 Å². The van der Waals surface area contributed by atoms with Crippen molar-refractivity contribution in [1.82, 2.24) is 5.32 Å². The number of nitrogens with one attached hydrogen (secondary N) is 1. The number of halogens is 2. The van der Waals surface area contributed by atoms with E-state index in [1.165, 1.54) is 31.2 Å². The predicted molar refractivity (Wildman–Crippen MR) is 91.0 cm³/mol. The molecule has 0 saturated heterocycles. The van der Waals surface area contributed by atoms with Crippen LogP contribution in [0.1, 0.15) is 28.4 Å². The predicted octanol–water partition coefficient (Wildman–Crippen LogP) is 3.46. The molecule has 1 unspecified atom stereocenters. The maximum Gasteiger partial charge on any atom is 0.387 e. The highest BCUT2D eigenvalue weighted by Crippen LogP contribution is 2.21. The average molecular weight is 363 g/mol. The van der Waals surface area contributed by atoms with Gasteiger partial charge < -0.3 is 14.8 Å². The van der Waals surface area contributed by atoms with Crippen LogP contribution >= 0.6 is 0 Å². The van der Waals surface area contributed by atoms with Crippen molar-refractivity contribution in [1.29, 1.82) is 0 Å². The largest absolute Gasteiger partial charge is 0.449 e. The lowest BCUT2D eigenvalue weighted by Crippen LogP contribution is -2.35. The maximum atomic E-state index is 12.4. The van der Waals surface area contributed by atoms with Crippen LogP contribution in [0.4, 0.5) is 8.78 Å². The Hall–Kier alpha value is -2.96. The topological polar surface area (TPSA) is 64.6 Å². The van der Waals surface area contributed by atoms with Gasteiger partial charge in [0.25, 0.3) is 5.91 Å². The molecule has 2 aromatic rings. The van der Waals surface area contributed by atoms with Crippen molar-refractivity contribution in [3.63, 3.8) is 0 Å². The van der Waals surface area contributed by atoms with E-state index in [0.717, 1.165) is 11.1 Å². The summed E-state index contributed by atoms with van der Waals surface area (Å²) in [6, 6.07) is 13.1. The Morgan fingerprint density at radius 1 is 1.08 bits per heavy atom. The number of hydrogen-bond acceptors (Lipinski definition) is 4. The fourth-order valence-corrected chi connectivity index (χ4v) is 2.15. The summed E-state index contributed by atoms with van der Waals surface area (Å²) in [5.74, 6) is -1.72. The summed E-state index contributed by atoms with van der Waals surface area (Å²) >= 11 is 0. The van der Waals surface area contributed by atoms with E-state index in [0.29, 0.717) is 0 Å². The first-order chi connectivity index (χ1) is 12.4. The lowest BCUT2D eigenvalue weighted by atomic mass is 10.1. The van der Waals surface area contributed by atoms with E-state index in [1.807, 2.05) is 31.2 Å². The molecule has 1 atom stereocenters. The molecule has 1 N–H and O–H groups in total. The minimum absolute atomic E-state index is 0.175. The summed E-state index contributed by atoms with van der Waals surface area (Å²) < 4.78 is 34.1. The van der Waals surface area contributed by atoms with E-state index in [4.69, 9.17) is 4.74 Å². The van der Waals surface area contributed by atoms with E-state index < -0.39 is 24.6 Å². The molecule has 0 aliphatic heterocycles. The fraction of sp³-hybridized carbons (Fsp3) is 0.263. The van der Waals surface area contributed by atoms with Crippen LogP contribution in [0.3, 0.4) is 0 Å². The van der Waals surface area contributed by atoms with Crippen LogP contribution in [0.5, 0.6) is 5.75 Å². The third-order valence-corrected chi connectivity index (χ3v) is 3.56. The van der Waals surface area contributed by atoms with Crippen molar-refractivity contribution in [2.24, 2.45) is 0 Å². The van der Waals surface area contributed by atoms with Crippen LogP contribution in [0, 0.1) is 6.92 Å². The van der Waals surface area contributed by atoms with Crippen molar-refractivity contribution in [2.75, 3.05) is 0 Å². The van der Waals surface area contributed by atoms with Crippen molar-refractivity contribution in [2.45, 2.75) is 33.1 Å². The molecule has 26 heavy (non-hydrogen) atoms. The Balaban J connectivity index is 1.94. The van der Waals surface area contributed by atoms with Crippen LogP contribution in [-0.2, 0) is 16.1 Å². The lowest BCUT2D eigenvalue weighted by molar-refractivity contribution is -0.129. The summed E-state index contributed by atoms with van der Waals surface area (Å²) in [6.07, 6.45) is -1.09. The second-order valence-electron chi connectivity index (χ2n) is 5.63. The van der Waals surface area contributed by atoms with Gasteiger partial charge in [-0.1, -0.05) is 42.0 Å². The number of rotatable bonds is 7. The smallest absolute Gasteiger partial charge is 0.387 e. The van der Waals surface area contributed by atoms with Gasteiger partial charge in [-0.3, -0.25) is 4.79 Å². The first kappa shape index (κ1) is 19.4. The summed E-state index contributed by atoms with van der Waals surface area (Å²) in [6.45, 7) is 0.573. The minimum Gasteiger partial charge on any atom is -0.449 e. The van der Waals surface area contributed by atoms with Crippen LogP contribution in [0.25, 0.3) is 0 Å². The SMILES string of the molecule is Cc1ccc(CNC(=O)C(C)OC(=O)c2ccccc2OC(F)F)cc1. The van der Waals surface area contributed by atoms with Gasteiger partial charge in [-0.2, -0.15) is 8.78 Å². The normalized spacial score (nSPS) is 11.7. The fourth-order valence-electron chi connectivity index (χ4n) is 2.15. The number of amides is 1. The van der Waals surface area contributed by atoms with Gasteiger partial charge in [0.15, 0.2) is 6.10 Å². The van der Waals surface area contributed by atoms with Gasteiger partial charge >= 0.3 is 12.6 Å². The van der Waals surface area contributed by atoms with E-state index >= 15 is 0 Å². The zero-order chi connectivity index (χ0) is 19.1. The molecule has 1 amide bonds. The highest BCUT2D eigenvalue weighted by atomic mass is 19.3. The number of aryl methyl sites for hydroxylation is 1. The molecule has 7 heteroatoms. The molecular formula is C19H19F2NO4. The van der Waals surface area contributed by atoms with Gasteiger partial charge in [-0.15, -0.1) is 0 Å². The molecule has 0 saturated carbocycles. The summed E-state index contributed by atoms with van der Waals surface area (Å²) in [7, 11) is 0. The second-order valence-corrected chi connectivity index (χ2v) is 5.63. The van der Waals surface area contributed by atoms with Gasteiger partial charge in [-0.25, -0.2) is 4.79 Å². The second kappa shape index (κ2) is 8.94. The molecule has 0 bridgehead atoms. The van der Waals surface area contributed by atoms with Crippen molar-refractivity contribution < 1.29 is 27.8 Å². The Labute approximate surface area is 149 Å². The quantitative estimate of drug-likeness (QED) is 0.765. The molecule has 0 fully saturated rings. The van der Waals surface area contributed by atoms with E-state index in [1.54, 1.807) is 0 Å². The summed E-state index contributed by atoms with van der Waals surface area (Å²) in [5.41, 5.74) is 1.83. The Kier molecular flexibility index (Phi) is 6.66. The van der Waals surface area contributed by atoms with Gasteiger partial charge in [0.05, 0.1) is 0 Å². The number of carbonyl (C=O) groups is 2. The van der Waals surface area contributed by atoms with Crippen molar-refractivity contribution in [3.8, 4) is 5.75 Å². The average Bonchev–Trinajstić information content (AvgIpc) is 2.60.